The first-order chi connectivity index (χ1) is 12.3. The van der Waals surface area contributed by atoms with Crippen LogP contribution in [0.3, 0.4) is 0 Å². The summed E-state index contributed by atoms with van der Waals surface area (Å²) in [5, 5.41) is 5.63. The number of carbonyl (C=O) groups excluding carboxylic acids is 1. The summed E-state index contributed by atoms with van der Waals surface area (Å²) in [6.07, 6.45) is 0. The van der Waals surface area contributed by atoms with E-state index in [0.717, 1.165) is 16.6 Å². The molecule has 2 aromatic heterocycles. The molecule has 0 amide bonds. The van der Waals surface area contributed by atoms with Crippen molar-refractivity contribution in [2.45, 2.75) is 13.8 Å². The summed E-state index contributed by atoms with van der Waals surface area (Å²) in [5.41, 5.74) is 2.50. The molecule has 0 fully saturated rings. The van der Waals surface area contributed by atoms with Crippen molar-refractivity contribution in [2.24, 2.45) is 7.05 Å². The molecule has 6 nitrogen and oxygen atoms in total. The third kappa shape index (κ3) is 3.72. The Hall–Kier alpha value is -2.02. The maximum atomic E-state index is 12.1. The van der Waals surface area contributed by atoms with Crippen LogP contribution in [0.25, 0.3) is 11.0 Å². The number of aryl methyl sites for hydroxylation is 3. The molecule has 0 saturated heterocycles. The topological polar surface area (TPSA) is 66.2 Å². The second-order valence-electron chi connectivity index (χ2n) is 5.67. The molecule has 0 radical (unpaired) electrons. The van der Waals surface area contributed by atoms with Crippen molar-refractivity contribution in [3.63, 3.8) is 0 Å². The maximum Gasteiger partial charge on any atom is 0.349 e. The number of hydrogen-bond donors (Lipinski definition) is 0. The molecule has 3 rings (SSSR count). The number of rotatable bonds is 4. The van der Waals surface area contributed by atoms with E-state index in [-0.39, 0.29) is 22.4 Å². The van der Waals surface area contributed by atoms with Crippen molar-refractivity contribution >= 4 is 51.8 Å². The van der Waals surface area contributed by atoms with Gasteiger partial charge in [0.15, 0.2) is 18.0 Å². The fraction of sp³-hybridized carbons (Fsp3) is 0.235. The number of halogens is 3. The number of benzene rings is 1. The van der Waals surface area contributed by atoms with Crippen LogP contribution in [0, 0.1) is 13.8 Å². The van der Waals surface area contributed by atoms with E-state index >= 15 is 0 Å². The third-order valence-corrected chi connectivity index (χ3v) is 4.37. The Bertz CT molecular complexity index is 994. The van der Waals surface area contributed by atoms with E-state index in [1.807, 2.05) is 19.9 Å². The van der Waals surface area contributed by atoms with Crippen LogP contribution in [0.1, 0.15) is 11.3 Å². The lowest BCUT2D eigenvalue weighted by molar-refractivity contribution is -0.136. The predicted molar refractivity (Wildman–Crippen MR) is 101 cm³/mol. The summed E-state index contributed by atoms with van der Waals surface area (Å²) in [6, 6.07) is 4.78. The van der Waals surface area contributed by atoms with Gasteiger partial charge in [0.2, 0.25) is 5.88 Å². The molecular weight excluding hydrogens is 401 g/mol. The fourth-order valence-corrected chi connectivity index (χ4v) is 3.44. The Morgan fingerprint density at radius 2 is 1.81 bits per heavy atom. The number of pyridine rings is 1. The van der Waals surface area contributed by atoms with Gasteiger partial charge in [-0.2, -0.15) is 0 Å². The van der Waals surface area contributed by atoms with Crippen LogP contribution in [0.2, 0.25) is 15.1 Å². The summed E-state index contributed by atoms with van der Waals surface area (Å²) in [6.45, 7) is 3.46. The Balaban J connectivity index is 1.78. The second-order valence-corrected chi connectivity index (χ2v) is 6.92. The molecule has 1 aromatic carbocycles. The SMILES string of the molecule is Cc1cc(C)c2c(OCC(=O)Oc3c(Cl)cc(Cl)cc3Cl)nn(C)c2n1. The molecule has 9 heteroatoms. The highest BCUT2D eigenvalue weighted by Gasteiger charge is 2.18. The average Bonchev–Trinajstić information content (AvgIpc) is 2.85. The van der Waals surface area contributed by atoms with Crippen LogP contribution in [0.15, 0.2) is 18.2 Å². The number of fused-ring (bicyclic) bond motifs is 1. The zero-order valence-electron chi connectivity index (χ0n) is 14.1. The van der Waals surface area contributed by atoms with Crippen LogP contribution < -0.4 is 9.47 Å². The number of carbonyl (C=O) groups is 1. The van der Waals surface area contributed by atoms with E-state index in [4.69, 9.17) is 44.3 Å². The van der Waals surface area contributed by atoms with Gasteiger partial charge in [-0.3, -0.25) is 0 Å². The van der Waals surface area contributed by atoms with E-state index in [1.54, 1.807) is 11.7 Å². The highest BCUT2D eigenvalue weighted by molar-refractivity contribution is 6.40. The normalized spacial score (nSPS) is 11.0. The Morgan fingerprint density at radius 1 is 1.15 bits per heavy atom. The zero-order valence-corrected chi connectivity index (χ0v) is 16.4. The molecule has 0 aliphatic heterocycles. The summed E-state index contributed by atoms with van der Waals surface area (Å²) in [5.74, 6) is -0.337. The first kappa shape index (κ1) is 18.8. The number of esters is 1. The highest BCUT2D eigenvalue weighted by atomic mass is 35.5. The summed E-state index contributed by atoms with van der Waals surface area (Å²) in [4.78, 5) is 16.5. The number of ether oxygens (including phenoxy) is 2. The molecule has 0 N–H and O–H groups in total. The molecular formula is C17H14Cl3N3O3. The van der Waals surface area contributed by atoms with Crippen LogP contribution >= 0.6 is 34.8 Å². The first-order valence-corrected chi connectivity index (χ1v) is 8.68. The van der Waals surface area contributed by atoms with E-state index < -0.39 is 5.97 Å². The van der Waals surface area contributed by atoms with E-state index in [2.05, 4.69) is 10.1 Å². The lowest BCUT2D eigenvalue weighted by Gasteiger charge is -2.09. The molecule has 0 atom stereocenters. The standard InChI is InChI=1S/C17H14Cl3N3O3/c1-8-4-9(2)21-16-14(8)17(22-23(16)3)25-7-13(24)26-15-11(19)5-10(18)6-12(15)20/h4-6H,7H2,1-3H3. The van der Waals surface area contributed by atoms with Crippen molar-refractivity contribution in [2.75, 3.05) is 6.61 Å². The van der Waals surface area contributed by atoms with E-state index in [9.17, 15) is 4.79 Å². The molecule has 0 aliphatic carbocycles. The second kappa shape index (κ2) is 7.31. The fourth-order valence-electron chi connectivity index (χ4n) is 2.55. The minimum atomic E-state index is -0.673. The van der Waals surface area contributed by atoms with Gasteiger partial charge in [0.05, 0.1) is 15.4 Å². The number of aromatic nitrogens is 3. The van der Waals surface area contributed by atoms with Crippen LogP contribution in [0.5, 0.6) is 11.6 Å². The minimum Gasteiger partial charge on any atom is -0.464 e. The van der Waals surface area contributed by atoms with Crippen molar-refractivity contribution in [3.05, 3.63) is 44.5 Å². The van der Waals surface area contributed by atoms with Gasteiger partial charge in [-0.05, 0) is 37.6 Å². The maximum absolute atomic E-state index is 12.1. The molecule has 0 unspecified atom stereocenters. The zero-order chi connectivity index (χ0) is 19.0. The van der Waals surface area contributed by atoms with E-state index in [1.165, 1.54) is 12.1 Å². The molecule has 0 saturated carbocycles. The Kier molecular flexibility index (Phi) is 5.27. The Morgan fingerprint density at radius 3 is 2.46 bits per heavy atom. The van der Waals surface area contributed by atoms with Crippen molar-refractivity contribution < 1.29 is 14.3 Å². The first-order valence-electron chi connectivity index (χ1n) is 7.55. The van der Waals surface area contributed by atoms with Gasteiger partial charge in [0, 0.05) is 17.8 Å². The van der Waals surface area contributed by atoms with Gasteiger partial charge in [-0.25, -0.2) is 14.5 Å². The molecule has 0 bridgehead atoms. The van der Waals surface area contributed by atoms with Gasteiger partial charge in [-0.1, -0.05) is 34.8 Å². The summed E-state index contributed by atoms with van der Waals surface area (Å²) in [7, 11) is 1.76. The predicted octanol–water partition coefficient (Wildman–Crippen LogP) is 4.53. The van der Waals surface area contributed by atoms with Gasteiger partial charge >= 0.3 is 5.97 Å². The van der Waals surface area contributed by atoms with Gasteiger partial charge in [0.1, 0.15) is 0 Å². The van der Waals surface area contributed by atoms with Crippen LogP contribution in [-0.2, 0) is 11.8 Å². The van der Waals surface area contributed by atoms with Crippen molar-refractivity contribution in [3.8, 4) is 11.6 Å². The monoisotopic (exact) mass is 413 g/mol. The van der Waals surface area contributed by atoms with Gasteiger partial charge in [-0.15, -0.1) is 5.10 Å². The summed E-state index contributed by atoms with van der Waals surface area (Å²) >= 11 is 17.8. The average molecular weight is 415 g/mol. The lowest BCUT2D eigenvalue weighted by Crippen LogP contribution is -2.18. The van der Waals surface area contributed by atoms with Crippen LogP contribution in [0.4, 0.5) is 0 Å². The number of nitrogens with zero attached hydrogens (tertiary/aromatic N) is 3. The third-order valence-electron chi connectivity index (χ3n) is 3.59. The highest BCUT2D eigenvalue weighted by Crippen LogP contribution is 2.36. The largest absolute Gasteiger partial charge is 0.464 e. The van der Waals surface area contributed by atoms with E-state index in [0.29, 0.717) is 16.5 Å². The van der Waals surface area contributed by atoms with Gasteiger partial charge in [0.25, 0.3) is 0 Å². The smallest absolute Gasteiger partial charge is 0.349 e. The van der Waals surface area contributed by atoms with Crippen LogP contribution in [-0.4, -0.2) is 27.3 Å². The van der Waals surface area contributed by atoms with Gasteiger partial charge < -0.3 is 9.47 Å². The Labute approximate surface area is 164 Å². The molecule has 26 heavy (non-hydrogen) atoms. The quantitative estimate of drug-likeness (QED) is 0.463. The molecule has 2 heterocycles. The molecule has 0 spiro atoms. The molecule has 3 aromatic rings. The van der Waals surface area contributed by atoms with Crippen molar-refractivity contribution in [1.29, 1.82) is 0 Å². The lowest BCUT2D eigenvalue weighted by atomic mass is 10.2. The minimum absolute atomic E-state index is 0.0330. The van der Waals surface area contributed by atoms with Crippen molar-refractivity contribution in [1.82, 2.24) is 14.8 Å². The summed E-state index contributed by atoms with van der Waals surface area (Å²) < 4.78 is 12.3. The number of hydrogen-bond acceptors (Lipinski definition) is 5. The molecule has 0 aliphatic rings. The molecule has 136 valence electrons.